The normalized spacial score (nSPS) is 16.2. The molecule has 2 nitrogen and oxygen atoms in total. The van der Waals surface area contributed by atoms with Crippen LogP contribution in [0.25, 0.3) is 0 Å². The molecular formula is C19H31NO. The van der Waals surface area contributed by atoms with Crippen molar-refractivity contribution in [3.8, 4) is 0 Å². The van der Waals surface area contributed by atoms with Gasteiger partial charge in [-0.1, -0.05) is 56.5 Å². The first-order chi connectivity index (χ1) is 10.1. The number of rotatable bonds is 6. The van der Waals surface area contributed by atoms with Crippen LogP contribution in [0.5, 0.6) is 0 Å². The summed E-state index contributed by atoms with van der Waals surface area (Å²) in [5.41, 5.74) is 3.16. The molecule has 1 aliphatic carbocycles. The van der Waals surface area contributed by atoms with E-state index in [1.165, 1.54) is 36.8 Å². The molecule has 1 aromatic carbocycles. The van der Waals surface area contributed by atoms with Gasteiger partial charge in [-0.2, -0.15) is 0 Å². The maximum atomic E-state index is 11.0. The molecular weight excluding hydrogens is 258 g/mol. The minimum Gasteiger partial charge on any atom is -0.310 e. The third kappa shape index (κ3) is 5.28. The highest BCUT2D eigenvalue weighted by molar-refractivity contribution is 5.77. The van der Waals surface area contributed by atoms with Crippen LogP contribution in [0.4, 0.5) is 0 Å². The summed E-state index contributed by atoms with van der Waals surface area (Å²) in [7, 11) is 0. The number of nitrogens with one attached hydrogen (secondary N) is 1. The van der Waals surface area contributed by atoms with Gasteiger partial charge in [0.05, 0.1) is 6.54 Å². The average Bonchev–Trinajstić information content (AvgIpc) is 2.96. The number of ketones is 1. The number of Topliss-reactive ketones (excluding diaryl/α,β-unsaturated/α-hetero) is 1. The van der Waals surface area contributed by atoms with E-state index in [2.05, 4.69) is 36.5 Å². The maximum absolute atomic E-state index is 11.0. The Kier molecular flexibility index (Phi) is 7.66. The Labute approximate surface area is 130 Å². The zero-order valence-electron chi connectivity index (χ0n) is 14.2. The van der Waals surface area contributed by atoms with E-state index in [-0.39, 0.29) is 5.78 Å². The highest BCUT2D eigenvalue weighted by Gasteiger charge is 2.34. The predicted octanol–water partition coefficient (Wildman–Crippen LogP) is 4.40. The predicted molar refractivity (Wildman–Crippen MR) is 90.8 cm³/mol. The van der Waals surface area contributed by atoms with Gasteiger partial charge in [0, 0.05) is 0 Å². The van der Waals surface area contributed by atoms with Crippen molar-refractivity contribution < 1.29 is 4.79 Å². The Morgan fingerprint density at radius 3 is 2.24 bits per heavy atom. The number of carbonyl (C=O) groups excluding carboxylic acids is 1. The Hall–Kier alpha value is -1.15. The largest absolute Gasteiger partial charge is 0.310 e. The molecule has 0 amide bonds. The molecule has 0 aliphatic heterocycles. The van der Waals surface area contributed by atoms with Crippen molar-refractivity contribution in [2.45, 2.75) is 65.2 Å². The fraction of sp³-hybridized carbons (Fsp3) is 0.632. The Bertz CT molecular complexity index is 416. The summed E-state index contributed by atoms with van der Waals surface area (Å²) in [5.74, 6) is 0.218. The summed E-state index contributed by atoms with van der Waals surface area (Å²) in [6.45, 7) is 9.22. The fourth-order valence-corrected chi connectivity index (χ4v) is 3.23. The SMILES string of the molecule is CC.CC(=O)CNCCC1(c2ccc(C)cc2)CCCC1. The third-order valence-corrected chi connectivity index (χ3v) is 4.38. The highest BCUT2D eigenvalue weighted by Crippen LogP contribution is 2.43. The smallest absolute Gasteiger partial charge is 0.143 e. The second-order valence-electron chi connectivity index (χ2n) is 5.98. The van der Waals surface area contributed by atoms with Gasteiger partial charge in [0.1, 0.15) is 5.78 Å². The van der Waals surface area contributed by atoms with Crippen molar-refractivity contribution in [3.63, 3.8) is 0 Å². The van der Waals surface area contributed by atoms with Crippen LogP contribution in [0.2, 0.25) is 0 Å². The molecule has 0 atom stereocenters. The summed E-state index contributed by atoms with van der Waals surface area (Å²) < 4.78 is 0. The standard InChI is InChI=1S/C17H25NO.C2H6/c1-14-5-7-16(8-6-14)17(9-3-4-10-17)11-12-18-13-15(2)19;1-2/h5-8,18H,3-4,9-13H2,1-2H3;1-2H3. The van der Waals surface area contributed by atoms with E-state index in [0.717, 1.165) is 13.0 Å². The fourth-order valence-electron chi connectivity index (χ4n) is 3.23. The summed E-state index contributed by atoms with van der Waals surface area (Å²) in [5, 5.41) is 3.27. The lowest BCUT2D eigenvalue weighted by Crippen LogP contribution is -2.30. The van der Waals surface area contributed by atoms with Crippen LogP contribution in [0.3, 0.4) is 0 Å². The molecule has 1 fully saturated rings. The van der Waals surface area contributed by atoms with Gasteiger partial charge < -0.3 is 5.32 Å². The van der Waals surface area contributed by atoms with Gasteiger partial charge in [-0.05, 0) is 50.6 Å². The van der Waals surface area contributed by atoms with Crippen molar-refractivity contribution in [1.29, 1.82) is 0 Å². The van der Waals surface area contributed by atoms with Gasteiger partial charge in [-0.15, -0.1) is 0 Å². The van der Waals surface area contributed by atoms with Gasteiger partial charge in [0.25, 0.3) is 0 Å². The van der Waals surface area contributed by atoms with Crippen molar-refractivity contribution in [2.24, 2.45) is 0 Å². The van der Waals surface area contributed by atoms with Gasteiger partial charge in [-0.25, -0.2) is 0 Å². The lowest BCUT2D eigenvalue weighted by atomic mass is 9.76. The van der Waals surface area contributed by atoms with Crippen molar-refractivity contribution in [2.75, 3.05) is 13.1 Å². The minimum atomic E-state index is 0.218. The van der Waals surface area contributed by atoms with Crippen LogP contribution in [0.15, 0.2) is 24.3 Å². The monoisotopic (exact) mass is 289 g/mol. The van der Waals surface area contributed by atoms with E-state index in [9.17, 15) is 4.79 Å². The van der Waals surface area contributed by atoms with E-state index < -0.39 is 0 Å². The molecule has 1 N–H and O–H groups in total. The van der Waals surface area contributed by atoms with Gasteiger partial charge in [0.2, 0.25) is 0 Å². The van der Waals surface area contributed by atoms with Crippen LogP contribution in [0.1, 0.15) is 64.0 Å². The lowest BCUT2D eigenvalue weighted by Gasteiger charge is -2.30. The number of aryl methyl sites for hydroxylation is 1. The summed E-state index contributed by atoms with van der Waals surface area (Å²) in [6.07, 6.45) is 6.39. The summed E-state index contributed by atoms with van der Waals surface area (Å²) in [4.78, 5) is 11.0. The first kappa shape index (κ1) is 17.9. The first-order valence-corrected chi connectivity index (χ1v) is 8.40. The molecule has 0 aromatic heterocycles. The molecule has 21 heavy (non-hydrogen) atoms. The quantitative estimate of drug-likeness (QED) is 0.786. The molecule has 1 aromatic rings. The van der Waals surface area contributed by atoms with Crippen LogP contribution in [-0.4, -0.2) is 18.9 Å². The minimum absolute atomic E-state index is 0.218. The topological polar surface area (TPSA) is 29.1 Å². The summed E-state index contributed by atoms with van der Waals surface area (Å²) >= 11 is 0. The number of carbonyl (C=O) groups is 1. The maximum Gasteiger partial charge on any atom is 0.143 e. The third-order valence-electron chi connectivity index (χ3n) is 4.38. The molecule has 118 valence electrons. The van der Waals surface area contributed by atoms with E-state index >= 15 is 0 Å². The van der Waals surface area contributed by atoms with Crippen LogP contribution in [-0.2, 0) is 10.2 Å². The van der Waals surface area contributed by atoms with Gasteiger partial charge >= 0.3 is 0 Å². The van der Waals surface area contributed by atoms with Crippen LogP contribution >= 0.6 is 0 Å². The zero-order valence-corrected chi connectivity index (χ0v) is 14.2. The van der Waals surface area contributed by atoms with Crippen molar-refractivity contribution >= 4 is 5.78 Å². The van der Waals surface area contributed by atoms with E-state index in [1.54, 1.807) is 6.92 Å². The first-order valence-electron chi connectivity index (χ1n) is 8.40. The molecule has 0 heterocycles. The van der Waals surface area contributed by atoms with Crippen LogP contribution < -0.4 is 5.32 Å². The van der Waals surface area contributed by atoms with E-state index in [1.807, 2.05) is 13.8 Å². The molecule has 2 rings (SSSR count). The molecule has 1 aliphatic rings. The molecule has 0 bridgehead atoms. The Balaban J connectivity index is 0.00000106. The Morgan fingerprint density at radius 1 is 1.14 bits per heavy atom. The molecule has 0 saturated heterocycles. The number of hydrogen-bond acceptors (Lipinski definition) is 2. The van der Waals surface area contributed by atoms with Gasteiger partial charge in [0.15, 0.2) is 0 Å². The van der Waals surface area contributed by atoms with E-state index in [4.69, 9.17) is 0 Å². The molecule has 1 saturated carbocycles. The molecule has 0 radical (unpaired) electrons. The average molecular weight is 289 g/mol. The van der Waals surface area contributed by atoms with Crippen molar-refractivity contribution in [1.82, 2.24) is 5.32 Å². The lowest BCUT2D eigenvalue weighted by molar-refractivity contribution is -0.116. The molecule has 0 unspecified atom stereocenters. The second kappa shape index (κ2) is 8.99. The Morgan fingerprint density at radius 2 is 1.71 bits per heavy atom. The number of benzene rings is 1. The second-order valence-corrected chi connectivity index (χ2v) is 5.98. The molecule has 2 heteroatoms. The van der Waals surface area contributed by atoms with E-state index in [0.29, 0.717) is 12.0 Å². The summed E-state index contributed by atoms with van der Waals surface area (Å²) in [6, 6.07) is 9.04. The zero-order chi connectivity index (χ0) is 15.7. The highest BCUT2D eigenvalue weighted by atomic mass is 16.1. The molecule has 0 spiro atoms. The van der Waals surface area contributed by atoms with Crippen LogP contribution in [0, 0.1) is 6.92 Å². The van der Waals surface area contributed by atoms with Gasteiger partial charge in [-0.3, -0.25) is 4.79 Å². The van der Waals surface area contributed by atoms with Crippen molar-refractivity contribution in [3.05, 3.63) is 35.4 Å². The number of hydrogen-bond donors (Lipinski definition) is 1.